The molecular weight excluding hydrogens is 234 g/mol. The van der Waals surface area contributed by atoms with Crippen LogP contribution in [-0.4, -0.2) is 25.6 Å². The minimum absolute atomic E-state index is 0.269. The third-order valence-electron chi connectivity index (χ3n) is 3.13. The summed E-state index contributed by atoms with van der Waals surface area (Å²) in [6.45, 7) is 3.93. The largest absolute Gasteiger partial charge is 0.212 e. The summed E-state index contributed by atoms with van der Waals surface area (Å²) in [4.78, 5) is 0. The highest BCUT2D eigenvalue weighted by atomic mass is 35.5. The van der Waals surface area contributed by atoms with E-state index < -0.39 is 15.6 Å². The molecule has 0 saturated heterocycles. The van der Waals surface area contributed by atoms with Crippen LogP contribution in [0.15, 0.2) is 0 Å². The van der Waals surface area contributed by atoms with Crippen LogP contribution in [0.1, 0.15) is 39.5 Å². The average Bonchev–Trinajstić information content (AvgIpc) is 2.97. The zero-order chi connectivity index (χ0) is 11.5. The van der Waals surface area contributed by atoms with Gasteiger partial charge in [-0.25, -0.2) is 13.1 Å². The summed E-state index contributed by atoms with van der Waals surface area (Å²) in [5.41, 5.74) is -0.449. The van der Waals surface area contributed by atoms with Crippen molar-refractivity contribution < 1.29 is 8.42 Å². The van der Waals surface area contributed by atoms with E-state index in [0.717, 1.165) is 25.7 Å². The van der Waals surface area contributed by atoms with Crippen LogP contribution in [0, 0.1) is 5.92 Å². The molecule has 1 aliphatic rings. The van der Waals surface area contributed by atoms with Crippen LogP contribution in [0.3, 0.4) is 0 Å². The first-order valence-corrected chi connectivity index (χ1v) is 7.73. The van der Waals surface area contributed by atoms with E-state index >= 15 is 0 Å². The van der Waals surface area contributed by atoms with Crippen LogP contribution in [0.2, 0.25) is 0 Å². The Balaban J connectivity index is 2.62. The van der Waals surface area contributed by atoms with Gasteiger partial charge in [-0.3, -0.25) is 0 Å². The van der Waals surface area contributed by atoms with Crippen molar-refractivity contribution in [2.24, 2.45) is 5.92 Å². The highest BCUT2D eigenvalue weighted by Gasteiger charge is 2.34. The van der Waals surface area contributed by atoms with Gasteiger partial charge in [-0.1, -0.05) is 13.8 Å². The molecule has 3 nitrogen and oxygen atoms in total. The summed E-state index contributed by atoms with van der Waals surface area (Å²) in [6, 6.07) is 0. The van der Waals surface area contributed by atoms with Crippen molar-refractivity contribution in [3.05, 3.63) is 0 Å². The number of hydrogen-bond acceptors (Lipinski definition) is 2. The molecule has 5 heteroatoms. The summed E-state index contributed by atoms with van der Waals surface area (Å²) in [5, 5.41) is 0. The fourth-order valence-electron chi connectivity index (χ4n) is 1.58. The summed E-state index contributed by atoms with van der Waals surface area (Å²) in [5.74, 6) is 0.986. The molecule has 1 saturated carbocycles. The van der Waals surface area contributed by atoms with Crippen molar-refractivity contribution >= 4 is 21.6 Å². The Morgan fingerprint density at radius 2 is 1.87 bits per heavy atom. The van der Waals surface area contributed by atoms with Crippen LogP contribution < -0.4 is 4.72 Å². The maximum atomic E-state index is 11.8. The predicted octanol–water partition coefficient (Wildman–Crippen LogP) is 2.11. The van der Waals surface area contributed by atoms with E-state index in [1.54, 1.807) is 0 Å². The Bertz CT molecular complexity index is 286. The minimum Gasteiger partial charge on any atom is -0.212 e. The standard InChI is InChI=1S/C10H20ClNO2S/c1-3-10(4-2,8-11)12-15(13,14)7-9-5-6-9/h9,12H,3-8H2,1-2H3. The van der Waals surface area contributed by atoms with Crippen LogP contribution >= 0.6 is 11.6 Å². The van der Waals surface area contributed by atoms with E-state index in [-0.39, 0.29) is 5.75 Å². The average molecular weight is 254 g/mol. The minimum atomic E-state index is -3.15. The number of nitrogens with one attached hydrogen (secondary N) is 1. The van der Waals surface area contributed by atoms with E-state index in [9.17, 15) is 8.42 Å². The van der Waals surface area contributed by atoms with Gasteiger partial charge >= 0.3 is 0 Å². The Hall–Kier alpha value is 0.200. The Morgan fingerprint density at radius 1 is 1.33 bits per heavy atom. The van der Waals surface area contributed by atoms with E-state index in [1.807, 2.05) is 13.8 Å². The second kappa shape index (κ2) is 5.02. The van der Waals surface area contributed by atoms with Gasteiger partial charge in [0.15, 0.2) is 0 Å². The first kappa shape index (κ1) is 13.3. The monoisotopic (exact) mass is 253 g/mol. The summed E-state index contributed by atoms with van der Waals surface area (Å²) < 4.78 is 26.4. The van der Waals surface area contributed by atoms with Crippen molar-refractivity contribution in [1.29, 1.82) is 0 Å². The zero-order valence-corrected chi connectivity index (χ0v) is 11.0. The number of halogens is 1. The van der Waals surface area contributed by atoms with Crippen molar-refractivity contribution in [1.82, 2.24) is 4.72 Å². The third kappa shape index (κ3) is 3.93. The van der Waals surface area contributed by atoms with Crippen molar-refractivity contribution in [3.63, 3.8) is 0 Å². The number of rotatable bonds is 7. The molecule has 0 radical (unpaired) electrons. The fraction of sp³-hybridized carbons (Fsp3) is 1.00. The highest BCUT2D eigenvalue weighted by Crippen LogP contribution is 2.30. The highest BCUT2D eigenvalue weighted by molar-refractivity contribution is 7.89. The van der Waals surface area contributed by atoms with Gasteiger partial charge in [0.25, 0.3) is 0 Å². The van der Waals surface area contributed by atoms with Gasteiger partial charge in [-0.15, -0.1) is 11.6 Å². The van der Waals surface area contributed by atoms with Gasteiger partial charge in [0.05, 0.1) is 5.75 Å². The second-order valence-electron chi connectivity index (χ2n) is 4.45. The molecule has 1 rings (SSSR count). The van der Waals surface area contributed by atoms with Crippen molar-refractivity contribution in [3.8, 4) is 0 Å². The van der Waals surface area contributed by atoms with Gasteiger partial charge < -0.3 is 0 Å². The third-order valence-corrected chi connectivity index (χ3v) is 5.30. The quantitative estimate of drug-likeness (QED) is 0.707. The smallest absolute Gasteiger partial charge is 0.212 e. The van der Waals surface area contributed by atoms with Gasteiger partial charge in [0.2, 0.25) is 10.0 Å². The van der Waals surface area contributed by atoms with E-state index in [0.29, 0.717) is 11.8 Å². The van der Waals surface area contributed by atoms with Gasteiger partial charge in [-0.2, -0.15) is 0 Å². The summed E-state index contributed by atoms with van der Waals surface area (Å²) >= 11 is 5.86. The molecule has 1 fully saturated rings. The summed E-state index contributed by atoms with van der Waals surface area (Å²) in [7, 11) is -3.15. The zero-order valence-electron chi connectivity index (χ0n) is 9.42. The summed E-state index contributed by atoms with van der Waals surface area (Å²) in [6.07, 6.45) is 3.56. The number of alkyl halides is 1. The molecule has 1 aliphatic carbocycles. The molecule has 0 unspecified atom stereocenters. The molecule has 0 aromatic heterocycles. The lowest BCUT2D eigenvalue weighted by atomic mass is 9.97. The molecule has 0 heterocycles. The van der Waals surface area contributed by atoms with Gasteiger partial charge in [0, 0.05) is 11.4 Å². The SMILES string of the molecule is CCC(CC)(CCl)NS(=O)(=O)CC1CC1. The Labute approximate surface area is 97.6 Å². The molecule has 1 N–H and O–H groups in total. The predicted molar refractivity (Wildman–Crippen MR) is 63.7 cm³/mol. The van der Waals surface area contributed by atoms with E-state index in [1.165, 1.54) is 0 Å². The van der Waals surface area contributed by atoms with Gasteiger partial charge in [-0.05, 0) is 31.6 Å². The topological polar surface area (TPSA) is 46.2 Å². The molecule has 0 aromatic carbocycles. The molecule has 0 atom stereocenters. The lowest BCUT2D eigenvalue weighted by Gasteiger charge is -2.30. The molecular formula is C10H20ClNO2S. The second-order valence-corrected chi connectivity index (χ2v) is 6.48. The Kier molecular flexibility index (Phi) is 4.44. The molecule has 0 bridgehead atoms. The van der Waals surface area contributed by atoms with Gasteiger partial charge in [0.1, 0.15) is 0 Å². The lowest BCUT2D eigenvalue weighted by molar-refractivity contribution is 0.393. The van der Waals surface area contributed by atoms with Crippen LogP contribution in [0.25, 0.3) is 0 Å². The fourth-order valence-corrected chi connectivity index (χ4v) is 4.16. The first-order valence-electron chi connectivity index (χ1n) is 5.54. The molecule has 0 aliphatic heterocycles. The molecule has 15 heavy (non-hydrogen) atoms. The maximum absolute atomic E-state index is 11.8. The Morgan fingerprint density at radius 3 is 2.20 bits per heavy atom. The number of hydrogen-bond donors (Lipinski definition) is 1. The normalized spacial score (nSPS) is 18.1. The van der Waals surface area contributed by atoms with E-state index in [4.69, 9.17) is 11.6 Å². The van der Waals surface area contributed by atoms with Crippen LogP contribution in [0.5, 0.6) is 0 Å². The molecule has 0 aromatic rings. The van der Waals surface area contributed by atoms with Crippen molar-refractivity contribution in [2.75, 3.05) is 11.6 Å². The molecule has 0 spiro atoms. The van der Waals surface area contributed by atoms with Crippen LogP contribution in [-0.2, 0) is 10.0 Å². The molecule has 0 amide bonds. The molecule has 90 valence electrons. The maximum Gasteiger partial charge on any atom is 0.212 e. The first-order chi connectivity index (χ1) is 6.97. The lowest BCUT2D eigenvalue weighted by Crippen LogP contribution is -2.50. The van der Waals surface area contributed by atoms with E-state index in [2.05, 4.69) is 4.72 Å². The number of sulfonamides is 1. The van der Waals surface area contributed by atoms with Crippen molar-refractivity contribution in [2.45, 2.75) is 45.1 Å². The van der Waals surface area contributed by atoms with Crippen LogP contribution in [0.4, 0.5) is 0 Å².